The molecule has 0 aliphatic carbocycles. The molecule has 0 unspecified atom stereocenters. The first-order valence-electron chi connectivity index (χ1n) is 5.07. The predicted octanol–water partition coefficient (Wildman–Crippen LogP) is 2.43. The van der Waals surface area contributed by atoms with E-state index in [1.54, 1.807) is 0 Å². The molecule has 0 aliphatic rings. The van der Waals surface area contributed by atoms with Gasteiger partial charge in [0.25, 0.3) is 0 Å². The van der Waals surface area contributed by atoms with Crippen LogP contribution < -0.4 is 10.5 Å². The number of amidine groups is 1. The Morgan fingerprint density at radius 1 is 1.47 bits per heavy atom. The average molecular weight is 206 g/mol. The maximum Gasteiger partial charge on any atom is 0.145 e. The average Bonchev–Trinajstić information content (AvgIpc) is 2.14. The molecule has 1 aromatic carbocycles. The molecule has 0 atom stereocenters. The summed E-state index contributed by atoms with van der Waals surface area (Å²) in [6.45, 7) is 6.55. The van der Waals surface area contributed by atoms with Gasteiger partial charge in [-0.25, -0.2) is 0 Å². The molecule has 15 heavy (non-hydrogen) atoms. The number of nitrogens with one attached hydrogen (secondary N) is 1. The predicted molar refractivity (Wildman–Crippen MR) is 62.7 cm³/mol. The Morgan fingerprint density at radius 2 is 2.13 bits per heavy atom. The number of hydrogen-bond acceptors (Lipinski definition) is 2. The zero-order valence-electron chi connectivity index (χ0n) is 9.50. The van der Waals surface area contributed by atoms with Gasteiger partial charge in [0.2, 0.25) is 0 Å². The summed E-state index contributed by atoms with van der Waals surface area (Å²) >= 11 is 0. The van der Waals surface area contributed by atoms with E-state index in [1.807, 2.05) is 12.1 Å². The first-order valence-corrected chi connectivity index (χ1v) is 5.07. The number of aryl methyl sites for hydroxylation is 1. The molecule has 1 aromatic rings. The van der Waals surface area contributed by atoms with Gasteiger partial charge in [0.15, 0.2) is 0 Å². The van der Waals surface area contributed by atoms with Crippen LogP contribution in [0.3, 0.4) is 0 Å². The number of ether oxygens (including phenoxy) is 1. The minimum Gasteiger partial charge on any atom is -0.486 e. The van der Waals surface area contributed by atoms with Crippen molar-refractivity contribution in [2.24, 2.45) is 5.73 Å². The molecule has 3 nitrogen and oxygen atoms in total. The van der Waals surface area contributed by atoms with Crippen LogP contribution in [0.5, 0.6) is 5.75 Å². The van der Waals surface area contributed by atoms with Gasteiger partial charge in [-0.2, -0.15) is 0 Å². The molecule has 0 bridgehead atoms. The lowest BCUT2D eigenvalue weighted by Gasteiger charge is -2.12. The Kier molecular flexibility index (Phi) is 3.72. The van der Waals surface area contributed by atoms with E-state index in [-0.39, 0.29) is 12.4 Å². The van der Waals surface area contributed by atoms with Crippen molar-refractivity contribution < 1.29 is 4.74 Å². The SMILES string of the molecule is Cc1cc(OCC(=N)N)ccc1C(C)C. The fraction of sp³-hybridized carbons (Fsp3) is 0.417. The van der Waals surface area contributed by atoms with Crippen LogP contribution in [-0.2, 0) is 0 Å². The summed E-state index contributed by atoms with van der Waals surface area (Å²) in [4.78, 5) is 0. The highest BCUT2D eigenvalue weighted by molar-refractivity contribution is 5.78. The van der Waals surface area contributed by atoms with Gasteiger partial charge in [-0.3, -0.25) is 5.41 Å². The minimum absolute atomic E-state index is 0.0422. The van der Waals surface area contributed by atoms with Crippen molar-refractivity contribution in [3.05, 3.63) is 29.3 Å². The van der Waals surface area contributed by atoms with E-state index in [1.165, 1.54) is 11.1 Å². The molecule has 0 saturated heterocycles. The van der Waals surface area contributed by atoms with Crippen LogP contribution in [0.15, 0.2) is 18.2 Å². The van der Waals surface area contributed by atoms with E-state index in [0.717, 1.165) is 5.75 Å². The number of nitrogens with two attached hydrogens (primary N) is 1. The third-order valence-corrected chi connectivity index (χ3v) is 2.26. The lowest BCUT2D eigenvalue weighted by molar-refractivity contribution is 0.374. The molecule has 0 saturated carbocycles. The minimum atomic E-state index is 0.0422. The third-order valence-electron chi connectivity index (χ3n) is 2.26. The summed E-state index contributed by atoms with van der Waals surface area (Å²) in [6, 6.07) is 5.97. The highest BCUT2D eigenvalue weighted by Crippen LogP contribution is 2.23. The summed E-state index contributed by atoms with van der Waals surface area (Å²) in [5, 5.41) is 7.06. The first-order chi connectivity index (χ1) is 7.00. The van der Waals surface area contributed by atoms with E-state index in [4.69, 9.17) is 15.9 Å². The maximum absolute atomic E-state index is 7.06. The standard InChI is InChI=1S/C12H18N2O/c1-8(2)11-5-4-10(6-9(11)3)15-7-12(13)14/h4-6,8H,7H2,1-3H3,(H3,13,14). The lowest BCUT2D eigenvalue weighted by atomic mass is 9.98. The Balaban J connectivity index is 2.77. The van der Waals surface area contributed by atoms with Crippen LogP contribution in [0.1, 0.15) is 30.9 Å². The second-order valence-corrected chi connectivity index (χ2v) is 3.99. The molecule has 0 radical (unpaired) electrons. The van der Waals surface area contributed by atoms with Gasteiger partial charge >= 0.3 is 0 Å². The summed E-state index contributed by atoms with van der Waals surface area (Å²) in [7, 11) is 0. The monoisotopic (exact) mass is 206 g/mol. The summed E-state index contributed by atoms with van der Waals surface area (Å²) < 4.78 is 5.33. The van der Waals surface area contributed by atoms with Crippen molar-refractivity contribution in [1.29, 1.82) is 5.41 Å². The van der Waals surface area contributed by atoms with Crippen LogP contribution in [0.25, 0.3) is 0 Å². The van der Waals surface area contributed by atoms with Crippen molar-refractivity contribution >= 4 is 5.84 Å². The summed E-state index contributed by atoms with van der Waals surface area (Å²) in [5.41, 5.74) is 7.75. The molecule has 0 fully saturated rings. The van der Waals surface area contributed by atoms with Crippen molar-refractivity contribution in [3.63, 3.8) is 0 Å². The Morgan fingerprint density at radius 3 is 2.60 bits per heavy atom. The molecule has 1 rings (SSSR count). The second kappa shape index (κ2) is 4.82. The largest absolute Gasteiger partial charge is 0.486 e. The maximum atomic E-state index is 7.06. The van der Waals surface area contributed by atoms with Gasteiger partial charge in [-0.1, -0.05) is 19.9 Å². The van der Waals surface area contributed by atoms with E-state index in [0.29, 0.717) is 5.92 Å². The zero-order valence-corrected chi connectivity index (χ0v) is 9.50. The first kappa shape index (κ1) is 11.6. The molecule has 0 amide bonds. The number of benzene rings is 1. The van der Waals surface area contributed by atoms with Gasteiger partial charge in [0.05, 0.1) is 0 Å². The van der Waals surface area contributed by atoms with E-state index >= 15 is 0 Å². The van der Waals surface area contributed by atoms with Crippen LogP contribution >= 0.6 is 0 Å². The molecule has 82 valence electrons. The Hall–Kier alpha value is -1.51. The second-order valence-electron chi connectivity index (χ2n) is 3.99. The topological polar surface area (TPSA) is 59.1 Å². The van der Waals surface area contributed by atoms with E-state index in [9.17, 15) is 0 Å². The molecular formula is C12H18N2O. The van der Waals surface area contributed by atoms with Crippen LogP contribution in [0.2, 0.25) is 0 Å². The fourth-order valence-corrected chi connectivity index (χ4v) is 1.55. The van der Waals surface area contributed by atoms with Gasteiger partial charge in [0, 0.05) is 0 Å². The Labute approximate surface area is 90.8 Å². The molecule has 0 aromatic heterocycles. The molecule has 0 heterocycles. The van der Waals surface area contributed by atoms with E-state index in [2.05, 4.69) is 26.8 Å². The molecule has 3 N–H and O–H groups in total. The molecule has 3 heteroatoms. The lowest BCUT2D eigenvalue weighted by Crippen LogP contribution is -2.19. The van der Waals surface area contributed by atoms with Gasteiger partial charge in [-0.15, -0.1) is 0 Å². The van der Waals surface area contributed by atoms with Crippen molar-refractivity contribution in [2.45, 2.75) is 26.7 Å². The van der Waals surface area contributed by atoms with Crippen molar-refractivity contribution in [2.75, 3.05) is 6.61 Å². The Bertz CT molecular complexity index is 359. The van der Waals surface area contributed by atoms with Crippen molar-refractivity contribution in [3.8, 4) is 5.75 Å². The zero-order chi connectivity index (χ0) is 11.4. The molecular weight excluding hydrogens is 188 g/mol. The highest BCUT2D eigenvalue weighted by Gasteiger charge is 2.04. The summed E-state index contributed by atoms with van der Waals surface area (Å²) in [5.74, 6) is 1.33. The molecule has 0 spiro atoms. The van der Waals surface area contributed by atoms with Crippen LogP contribution in [0.4, 0.5) is 0 Å². The smallest absolute Gasteiger partial charge is 0.145 e. The van der Waals surface area contributed by atoms with Gasteiger partial charge in [-0.05, 0) is 36.1 Å². The number of hydrogen-bond donors (Lipinski definition) is 2. The summed E-state index contributed by atoms with van der Waals surface area (Å²) in [6.07, 6.45) is 0. The third kappa shape index (κ3) is 3.27. The normalized spacial score (nSPS) is 10.4. The quantitative estimate of drug-likeness (QED) is 0.587. The van der Waals surface area contributed by atoms with Crippen LogP contribution in [-0.4, -0.2) is 12.4 Å². The highest BCUT2D eigenvalue weighted by atomic mass is 16.5. The van der Waals surface area contributed by atoms with Crippen LogP contribution in [0, 0.1) is 12.3 Å². The van der Waals surface area contributed by atoms with Crippen molar-refractivity contribution in [1.82, 2.24) is 0 Å². The van der Waals surface area contributed by atoms with Gasteiger partial charge < -0.3 is 10.5 Å². The number of rotatable bonds is 4. The molecule has 0 aliphatic heterocycles. The van der Waals surface area contributed by atoms with Gasteiger partial charge in [0.1, 0.15) is 18.2 Å². The van der Waals surface area contributed by atoms with E-state index < -0.39 is 0 Å². The fourth-order valence-electron chi connectivity index (χ4n) is 1.55.